The molecule has 6 heteroatoms. The predicted molar refractivity (Wildman–Crippen MR) is 91.9 cm³/mol. The van der Waals surface area contributed by atoms with Crippen LogP contribution < -0.4 is 0 Å². The fraction of sp³-hybridized carbons (Fsp3) is 0.737. The fourth-order valence-corrected chi connectivity index (χ4v) is 4.80. The van der Waals surface area contributed by atoms with Crippen LogP contribution in [0, 0.1) is 19.3 Å². The largest absolute Gasteiger partial charge is 0.466 e. The van der Waals surface area contributed by atoms with Crippen molar-refractivity contribution >= 4 is 11.9 Å². The average molecular weight is 348 g/mol. The van der Waals surface area contributed by atoms with Gasteiger partial charge in [0, 0.05) is 24.1 Å². The minimum Gasteiger partial charge on any atom is -0.466 e. The molecule has 2 aliphatic heterocycles. The van der Waals surface area contributed by atoms with Crippen molar-refractivity contribution in [3.8, 4) is 0 Å². The van der Waals surface area contributed by atoms with Gasteiger partial charge in [-0.1, -0.05) is 12.1 Å². The van der Waals surface area contributed by atoms with Crippen LogP contribution in [0.4, 0.5) is 0 Å². The summed E-state index contributed by atoms with van der Waals surface area (Å²) in [5, 5.41) is 3.95. The van der Waals surface area contributed by atoms with E-state index in [1.165, 1.54) is 0 Å². The van der Waals surface area contributed by atoms with Crippen LogP contribution in [0.1, 0.15) is 63.0 Å². The summed E-state index contributed by atoms with van der Waals surface area (Å²) in [6.45, 7) is 8.03. The average Bonchev–Trinajstić information content (AvgIpc) is 3.25. The van der Waals surface area contributed by atoms with Crippen LogP contribution in [-0.2, 0) is 20.7 Å². The zero-order chi connectivity index (χ0) is 18.2. The van der Waals surface area contributed by atoms with Crippen LogP contribution >= 0.6 is 0 Å². The molecule has 1 aromatic rings. The maximum atomic E-state index is 12.9. The molecule has 0 unspecified atom stereocenters. The van der Waals surface area contributed by atoms with Crippen molar-refractivity contribution in [2.24, 2.45) is 5.41 Å². The molecule has 1 aromatic heterocycles. The number of hydrogen-bond acceptors (Lipinski definition) is 5. The monoisotopic (exact) mass is 348 g/mol. The molecular weight excluding hydrogens is 320 g/mol. The van der Waals surface area contributed by atoms with E-state index in [4.69, 9.17) is 9.26 Å². The Bertz CT molecular complexity index is 649. The van der Waals surface area contributed by atoms with Gasteiger partial charge >= 0.3 is 5.97 Å². The molecule has 0 aliphatic carbocycles. The van der Waals surface area contributed by atoms with Gasteiger partial charge in [0.2, 0.25) is 5.91 Å². The summed E-state index contributed by atoms with van der Waals surface area (Å²) in [7, 11) is 0. The molecule has 2 bridgehead atoms. The van der Waals surface area contributed by atoms with Gasteiger partial charge in [-0.2, -0.15) is 0 Å². The zero-order valence-corrected chi connectivity index (χ0v) is 15.6. The van der Waals surface area contributed by atoms with Crippen LogP contribution in [0.25, 0.3) is 0 Å². The van der Waals surface area contributed by atoms with Crippen LogP contribution in [-0.4, -0.2) is 40.6 Å². The number of esters is 1. The molecule has 2 saturated heterocycles. The second-order valence-corrected chi connectivity index (χ2v) is 7.28. The third kappa shape index (κ3) is 2.85. The quantitative estimate of drug-likeness (QED) is 0.739. The molecular formula is C19H28N2O4. The fourth-order valence-electron chi connectivity index (χ4n) is 4.80. The first-order valence-electron chi connectivity index (χ1n) is 9.34. The Balaban J connectivity index is 1.72. The van der Waals surface area contributed by atoms with Crippen LogP contribution in [0.3, 0.4) is 0 Å². The topological polar surface area (TPSA) is 72.6 Å². The second kappa shape index (κ2) is 6.81. The lowest BCUT2D eigenvalue weighted by Gasteiger charge is -2.34. The Morgan fingerprint density at radius 2 is 2.08 bits per heavy atom. The molecule has 0 aromatic carbocycles. The number of amides is 1. The third-order valence-corrected chi connectivity index (χ3v) is 6.11. The van der Waals surface area contributed by atoms with Gasteiger partial charge in [-0.3, -0.25) is 9.59 Å². The Kier molecular flexibility index (Phi) is 4.89. The van der Waals surface area contributed by atoms with Gasteiger partial charge in [0.05, 0.1) is 17.7 Å². The van der Waals surface area contributed by atoms with Gasteiger partial charge in [-0.05, 0) is 52.9 Å². The Labute approximate surface area is 148 Å². The van der Waals surface area contributed by atoms with Crippen molar-refractivity contribution in [1.29, 1.82) is 0 Å². The highest BCUT2D eigenvalue weighted by Crippen LogP contribution is 2.52. The summed E-state index contributed by atoms with van der Waals surface area (Å²) in [6, 6.07) is 0.158. The highest BCUT2D eigenvalue weighted by Gasteiger charge is 2.60. The summed E-state index contributed by atoms with van der Waals surface area (Å²) >= 11 is 0. The molecule has 0 radical (unpaired) electrons. The number of carbonyl (C=O) groups is 2. The first-order chi connectivity index (χ1) is 11.9. The van der Waals surface area contributed by atoms with Crippen molar-refractivity contribution in [2.75, 3.05) is 6.61 Å². The molecule has 0 N–H and O–H groups in total. The first kappa shape index (κ1) is 18.0. The van der Waals surface area contributed by atoms with E-state index in [-0.39, 0.29) is 24.0 Å². The maximum absolute atomic E-state index is 12.9. The van der Waals surface area contributed by atoms with Gasteiger partial charge in [0.25, 0.3) is 0 Å². The van der Waals surface area contributed by atoms with E-state index in [1.807, 2.05) is 32.6 Å². The minimum absolute atomic E-state index is 0.0151. The van der Waals surface area contributed by atoms with Crippen molar-refractivity contribution in [1.82, 2.24) is 10.1 Å². The number of nitrogens with zero attached hydrogens (tertiary/aromatic N) is 2. The number of hydrogen-bond donors (Lipinski definition) is 0. The minimum atomic E-state index is -0.516. The zero-order valence-electron chi connectivity index (χ0n) is 15.6. The standard InChI is InChI=1S/C19H28N2O4/c1-5-19(18(23)24-6-2)11-14-7-9-16(19)21(14)17(22)10-8-15-12(3)20-25-13(15)4/h14,16H,5-11H2,1-4H3/t14-,16+,19+/m1/s1. The number of fused-ring (bicyclic) bond motifs is 2. The number of carbonyl (C=O) groups excluding carboxylic acids is 2. The SMILES string of the molecule is CCOC(=O)[C@@]1(CC)C[C@H]2CC[C@@H]1N2C(=O)CCc1c(C)noc1C. The van der Waals surface area contributed by atoms with E-state index >= 15 is 0 Å². The summed E-state index contributed by atoms with van der Waals surface area (Å²) in [5.74, 6) is 0.782. The number of ether oxygens (including phenoxy) is 1. The van der Waals surface area contributed by atoms with Crippen molar-refractivity contribution in [3.05, 3.63) is 17.0 Å². The van der Waals surface area contributed by atoms with E-state index in [0.29, 0.717) is 19.4 Å². The lowest BCUT2D eigenvalue weighted by molar-refractivity contribution is -0.158. The third-order valence-electron chi connectivity index (χ3n) is 6.11. The van der Waals surface area contributed by atoms with Gasteiger partial charge in [0.1, 0.15) is 5.76 Å². The van der Waals surface area contributed by atoms with E-state index in [1.54, 1.807) is 0 Å². The second-order valence-electron chi connectivity index (χ2n) is 7.28. The van der Waals surface area contributed by atoms with Gasteiger partial charge in [-0.25, -0.2) is 0 Å². The predicted octanol–water partition coefficient (Wildman–Crippen LogP) is 2.95. The van der Waals surface area contributed by atoms with Crippen LogP contribution in [0.15, 0.2) is 4.52 Å². The van der Waals surface area contributed by atoms with Gasteiger partial charge < -0.3 is 14.2 Å². The summed E-state index contributed by atoms with van der Waals surface area (Å²) in [4.78, 5) is 27.5. The van der Waals surface area contributed by atoms with Crippen molar-refractivity contribution in [3.63, 3.8) is 0 Å². The van der Waals surface area contributed by atoms with E-state index in [9.17, 15) is 9.59 Å². The number of rotatable bonds is 6. The number of aromatic nitrogens is 1. The molecule has 3 atom stereocenters. The molecule has 0 spiro atoms. The summed E-state index contributed by atoms with van der Waals surface area (Å²) < 4.78 is 10.5. The van der Waals surface area contributed by atoms with E-state index in [0.717, 1.165) is 42.7 Å². The highest BCUT2D eigenvalue weighted by atomic mass is 16.5. The first-order valence-corrected chi connectivity index (χ1v) is 9.34. The molecule has 3 rings (SSSR count). The van der Waals surface area contributed by atoms with Gasteiger partial charge in [0.15, 0.2) is 0 Å². The lowest BCUT2D eigenvalue weighted by atomic mass is 9.72. The Hall–Kier alpha value is -1.85. The highest BCUT2D eigenvalue weighted by molar-refractivity contribution is 5.83. The molecule has 138 valence electrons. The maximum Gasteiger partial charge on any atom is 0.314 e. The van der Waals surface area contributed by atoms with Gasteiger partial charge in [-0.15, -0.1) is 0 Å². The normalized spacial score (nSPS) is 27.8. The van der Waals surface area contributed by atoms with Crippen LogP contribution in [0.2, 0.25) is 0 Å². The summed E-state index contributed by atoms with van der Waals surface area (Å²) in [5.41, 5.74) is 1.36. The number of aryl methyl sites for hydroxylation is 2. The smallest absolute Gasteiger partial charge is 0.314 e. The van der Waals surface area contributed by atoms with Crippen molar-refractivity contribution in [2.45, 2.75) is 78.3 Å². The molecule has 1 amide bonds. The molecule has 2 aliphatic rings. The molecule has 0 saturated carbocycles. The van der Waals surface area contributed by atoms with Crippen molar-refractivity contribution < 1.29 is 18.8 Å². The molecule has 2 fully saturated rings. The Morgan fingerprint density at radius 1 is 1.32 bits per heavy atom. The summed E-state index contributed by atoms with van der Waals surface area (Å²) in [6.07, 6.45) is 4.41. The van der Waals surface area contributed by atoms with E-state index in [2.05, 4.69) is 5.16 Å². The molecule has 25 heavy (non-hydrogen) atoms. The van der Waals surface area contributed by atoms with Crippen LogP contribution in [0.5, 0.6) is 0 Å². The van der Waals surface area contributed by atoms with E-state index < -0.39 is 5.41 Å². The molecule has 6 nitrogen and oxygen atoms in total. The Morgan fingerprint density at radius 3 is 2.68 bits per heavy atom. The lowest BCUT2D eigenvalue weighted by Crippen LogP contribution is -2.45. The molecule has 3 heterocycles.